The lowest BCUT2D eigenvalue weighted by Gasteiger charge is -2.30. The number of carbonyl (C=O) groups excluding carboxylic acids is 4. The van der Waals surface area contributed by atoms with Crippen LogP contribution in [0.3, 0.4) is 0 Å². The van der Waals surface area contributed by atoms with Gasteiger partial charge in [-0.2, -0.15) is 0 Å². The van der Waals surface area contributed by atoms with E-state index in [4.69, 9.17) is 9.47 Å². The van der Waals surface area contributed by atoms with E-state index in [-0.39, 0.29) is 35.7 Å². The van der Waals surface area contributed by atoms with Gasteiger partial charge in [-0.05, 0) is 61.5 Å². The lowest BCUT2D eigenvalue weighted by Crippen LogP contribution is -2.51. The predicted octanol–water partition coefficient (Wildman–Crippen LogP) is 5.56. The number of methoxy groups -OCH3 is 2. The van der Waals surface area contributed by atoms with Crippen molar-refractivity contribution in [2.75, 3.05) is 27.3 Å². The molecule has 4 N–H and O–H groups in total. The van der Waals surface area contributed by atoms with Crippen LogP contribution in [0.1, 0.15) is 87.7 Å². The van der Waals surface area contributed by atoms with Crippen LogP contribution in [0, 0.1) is 23.7 Å². The van der Waals surface area contributed by atoms with E-state index in [9.17, 15) is 19.2 Å². The molecule has 16 heteroatoms. The van der Waals surface area contributed by atoms with Crippen molar-refractivity contribution in [3.63, 3.8) is 0 Å². The lowest BCUT2D eigenvalue weighted by molar-refractivity contribution is -0.136. The summed E-state index contributed by atoms with van der Waals surface area (Å²) in [5, 5.41) is 5.36. The molecule has 14 nitrogen and oxygen atoms in total. The third-order valence-electron chi connectivity index (χ3n) is 9.47. The van der Waals surface area contributed by atoms with Crippen LogP contribution >= 0.6 is 22.7 Å². The number of aromatic nitrogens is 4. The van der Waals surface area contributed by atoms with E-state index in [0.717, 1.165) is 56.4 Å². The Balaban J connectivity index is 1.12. The number of ether oxygens (including phenoxy) is 2. The first-order chi connectivity index (χ1) is 25.0. The molecule has 6 heterocycles. The standard InChI is InChI=1S/C36H44N8O6S2/c1-19(2)29(41-35(47)49-5)33(45)43-13-7-9-24(43)31-37-17-21(39-31)11-12-22-15-27-28(51-22)16-26(52-27)23-18-38-32(40-23)25-10-8-14-44(25)34(46)30(20(3)4)42-36(48)50-6/h15-20,24-25,29-30H,7-10,13-14H2,1-6H3,(H,37,39)(H,38,40)(H,41,47)(H,42,48)/t24-,25-,29-,30?/m0/s1. The van der Waals surface area contributed by atoms with E-state index in [1.165, 1.54) is 14.2 Å². The van der Waals surface area contributed by atoms with Gasteiger partial charge in [0.1, 0.15) is 29.4 Å². The van der Waals surface area contributed by atoms with Gasteiger partial charge >= 0.3 is 12.2 Å². The Labute approximate surface area is 310 Å². The van der Waals surface area contributed by atoms with Gasteiger partial charge < -0.3 is 39.9 Å². The van der Waals surface area contributed by atoms with Crippen molar-refractivity contribution >= 4 is 56.1 Å². The minimum atomic E-state index is -0.694. The van der Waals surface area contributed by atoms with Crippen molar-refractivity contribution in [2.45, 2.75) is 77.5 Å². The molecule has 0 spiro atoms. The fourth-order valence-electron chi connectivity index (χ4n) is 6.75. The Morgan fingerprint density at radius 2 is 1.33 bits per heavy atom. The summed E-state index contributed by atoms with van der Waals surface area (Å²) in [5.74, 6) is 7.34. The van der Waals surface area contributed by atoms with Gasteiger partial charge in [-0.15, -0.1) is 22.7 Å². The van der Waals surface area contributed by atoms with Gasteiger partial charge in [0, 0.05) is 22.5 Å². The molecule has 0 bridgehead atoms. The summed E-state index contributed by atoms with van der Waals surface area (Å²) < 4.78 is 11.7. The number of hydrogen-bond acceptors (Lipinski definition) is 10. The number of H-pyrrole nitrogens is 2. The maximum Gasteiger partial charge on any atom is 0.407 e. The first kappa shape index (κ1) is 36.9. The SMILES string of the molecule is COC(=O)NC(C(=O)N1CCC[C@H]1c1ncc(-c2cc3sc(C#Cc4cnc([C@@H]5CCCN5C(=O)[C@@H](NC(=O)OC)C(C)C)[nH]4)cc3s2)[nH]1)C(C)C. The number of imidazole rings is 2. The molecule has 0 saturated carbocycles. The third kappa shape index (κ3) is 7.80. The highest BCUT2D eigenvalue weighted by Crippen LogP contribution is 2.39. The van der Waals surface area contributed by atoms with E-state index >= 15 is 0 Å². The second kappa shape index (κ2) is 15.8. The molecule has 4 atom stereocenters. The van der Waals surface area contributed by atoms with Crippen LogP contribution in [0.4, 0.5) is 9.59 Å². The topological polar surface area (TPSA) is 175 Å². The predicted molar refractivity (Wildman–Crippen MR) is 198 cm³/mol. The molecule has 2 fully saturated rings. The molecular weight excluding hydrogens is 705 g/mol. The highest BCUT2D eigenvalue weighted by molar-refractivity contribution is 7.29. The van der Waals surface area contributed by atoms with E-state index in [0.29, 0.717) is 24.6 Å². The highest BCUT2D eigenvalue weighted by atomic mass is 32.1. The Bertz CT molecular complexity index is 1970. The minimum Gasteiger partial charge on any atom is -0.453 e. The van der Waals surface area contributed by atoms with Crippen LogP contribution in [0.15, 0.2) is 24.5 Å². The first-order valence-corrected chi connectivity index (χ1v) is 19.1. The van der Waals surface area contributed by atoms with Gasteiger partial charge in [0.05, 0.1) is 54.1 Å². The van der Waals surface area contributed by atoms with Crippen LogP contribution in [-0.4, -0.2) is 93.1 Å². The first-order valence-electron chi connectivity index (χ1n) is 17.4. The quantitative estimate of drug-likeness (QED) is 0.161. The van der Waals surface area contributed by atoms with Gasteiger partial charge in [-0.3, -0.25) is 9.59 Å². The Morgan fingerprint density at radius 3 is 1.87 bits per heavy atom. The van der Waals surface area contributed by atoms with Gasteiger partial charge in [0.15, 0.2) is 0 Å². The zero-order chi connectivity index (χ0) is 37.1. The second-order valence-corrected chi connectivity index (χ2v) is 15.8. The maximum absolute atomic E-state index is 13.5. The number of likely N-dealkylation sites (tertiary alicyclic amines) is 2. The number of rotatable bonds is 9. The molecule has 0 aromatic carbocycles. The number of thiophene rings is 2. The lowest BCUT2D eigenvalue weighted by atomic mass is 10.0. The molecule has 276 valence electrons. The normalized spacial score (nSPS) is 18.4. The molecule has 4 amide bonds. The summed E-state index contributed by atoms with van der Waals surface area (Å²) in [6.07, 6.45) is 5.48. The van der Waals surface area contributed by atoms with Gasteiger partial charge in [0.25, 0.3) is 0 Å². The average molecular weight is 749 g/mol. The molecule has 2 aliphatic heterocycles. The zero-order valence-electron chi connectivity index (χ0n) is 30.1. The summed E-state index contributed by atoms with van der Waals surface area (Å²) >= 11 is 3.25. The smallest absolute Gasteiger partial charge is 0.407 e. The molecule has 0 radical (unpaired) electrons. The number of carbonyl (C=O) groups is 4. The fraction of sp³-hybridized carbons (Fsp3) is 0.500. The molecule has 4 aromatic heterocycles. The average Bonchev–Trinajstić information content (AvgIpc) is 3.96. The molecule has 4 aromatic rings. The number of fused-ring (bicyclic) bond motifs is 1. The van der Waals surface area contributed by atoms with Crippen molar-refractivity contribution in [1.82, 2.24) is 40.4 Å². The van der Waals surface area contributed by atoms with E-state index in [2.05, 4.69) is 54.5 Å². The fourth-order valence-corrected chi connectivity index (χ4v) is 8.96. The van der Waals surface area contributed by atoms with Crippen molar-refractivity contribution < 1.29 is 28.7 Å². The van der Waals surface area contributed by atoms with Crippen LogP contribution < -0.4 is 10.6 Å². The molecule has 52 heavy (non-hydrogen) atoms. The van der Waals surface area contributed by atoms with Crippen LogP contribution in [0.25, 0.3) is 20.0 Å². The van der Waals surface area contributed by atoms with Crippen LogP contribution in [-0.2, 0) is 19.1 Å². The third-order valence-corrected chi connectivity index (χ3v) is 11.7. The highest BCUT2D eigenvalue weighted by Gasteiger charge is 2.39. The molecule has 2 aliphatic rings. The number of aromatic amines is 2. The van der Waals surface area contributed by atoms with Gasteiger partial charge in [-0.1, -0.05) is 27.7 Å². The monoisotopic (exact) mass is 748 g/mol. The maximum atomic E-state index is 13.5. The van der Waals surface area contributed by atoms with E-state index < -0.39 is 24.3 Å². The molecular formula is C36H44N8O6S2. The van der Waals surface area contributed by atoms with Crippen molar-refractivity contribution in [3.8, 4) is 22.4 Å². The molecule has 1 unspecified atom stereocenters. The van der Waals surface area contributed by atoms with Crippen LogP contribution in [0.2, 0.25) is 0 Å². The zero-order valence-corrected chi connectivity index (χ0v) is 31.7. The summed E-state index contributed by atoms with van der Waals surface area (Å²) in [4.78, 5) is 72.3. The molecule has 0 aliphatic carbocycles. The van der Waals surface area contributed by atoms with Gasteiger partial charge in [0.2, 0.25) is 11.8 Å². The number of nitrogens with one attached hydrogen (secondary N) is 4. The molecule has 6 rings (SSSR count). The van der Waals surface area contributed by atoms with Crippen molar-refractivity contribution in [2.24, 2.45) is 11.8 Å². The Kier molecular flexibility index (Phi) is 11.2. The largest absolute Gasteiger partial charge is 0.453 e. The Morgan fingerprint density at radius 1 is 0.788 bits per heavy atom. The number of amides is 4. The van der Waals surface area contributed by atoms with Crippen LogP contribution in [0.5, 0.6) is 0 Å². The summed E-state index contributed by atoms with van der Waals surface area (Å²) in [5.41, 5.74) is 1.54. The Hall–Kier alpha value is -4.88. The minimum absolute atomic E-state index is 0.104. The van der Waals surface area contributed by atoms with E-state index in [1.807, 2.05) is 33.9 Å². The van der Waals surface area contributed by atoms with Crippen molar-refractivity contribution in [1.29, 1.82) is 0 Å². The summed E-state index contributed by atoms with van der Waals surface area (Å²) in [7, 11) is 2.57. The second-order valence-electron chi connectivity index (χ2n) is 13.7. The summed E-state index contributed by atoms with van der Waals surface area (Å²) in [6, 6.07) is 2.39. The summed E-state index contributed by atoms with van der Waals surface area (Å²) in [6.45, 7) is 8.75. The number of nitrogens with zero attached hydrogens (tertiary/aromatic N) is 4. The number of alkyl carbamates (subject to hydrolysis) is 2. The van der Waals surface area contributed by atoms with Gasteiger partial charge in [-0.25, -0.2) is 19.6 Å². The molecule has 2 saturated heterocycles. The van der Waals surface area contributed by atoms with Crippen molar-refractivity contribution in [3.05, 3.63) is 46.7 Å². The van der Waals surface area contributed by atoms with E-state index in [1.54, 1.807) is 38.7 Å². The number of hydrogen-bond donors (Lipinski definition) is 4.